The first-order valence-corrected chi connectivity index (χ1v) is 13.1. The molecule has 0 aromatic rings. The standard InChI is InChI=1S/C25H50N4O2/c1-6-11-16-23-24(30)29(22-27(19-14-9-4)20-15-10-5)25(31)28(23)21-26(17-12-7-2)18-13-8-3/h23H,6-22H2,1-5H3. The number of urea groups is 1. The summed E-state index contributed by atoms with van der Waals surface area (Å²) in [6.07, 6.45) is 11.8. The summed E-state index contributed by atoms with van der Waals surface area (Å²) in [7, 11) is 0. The van der Waals surface area contributed by atoms with Crippen LogP contribution in [0.3, 0.4) is 0 Å². The second-order valence-electron chi connectivity index (χ2n) is 9.11. The van der Waals surface area contributed by atoms with Crippen molar-refractivity contribution in [1.82, 2.24) is 19.6 Å². The second-order valence-corrected chi connectivity index (χ2v) is 9.11. The SMILES string of the molecule is CCCCC1C(=O)N(CN(CCCC)CCCC)C(=O)N1CN(CCCC)CCCC. The van der Waals surface area contributed by atoms with Crippen LogP contribution in [0.4, 0.5) is 4.79 Å². The number of carbonyl (C=O) groups excluding carboxylic acids is 2. The number of hydrogen-bond donors (Lipinski definition) is 0. The summed E-state index contributed by atoms with van der Waals surface area (Å²) in [6, 6.07) is -0.375. The van der Waals surface area contributed by atoms with Gasteiger partial charge in [-0.15, -0.1) is 0 Å². The molecule has 1 unspecified atom stereocenters. The molecule has 1 aliphatic heterocycles. The minimum absolute atomic E-state index is 0.0161. The van der Waals surface area contributed by atoms with Gasteiger partial charge in [-0.1, -0.05) is 73.1 Å². The Morgan fingerprint density at radius 3 is 1.48 bits per heavy atom. The summed E-state index contributed by atoms with van der Waals surface area (Å²) in [5.41, 5.74) is 0. The van der Waals surface area contributed by atoms with Gasteiger partial charge in [-0.05, 0) is 58.3 Å². The van der Waals surface area contributed by atoms with Crippen LogP contribution in [0.2, 0.25) is 0 Å². The molecule has 1 fully saturated rings. The Hall–Kier alpha value is -1.14. The van der Waals surface area contributed by atoms with E-state index in [1.165, 1.54) is 0 Å². The summed E-state index contributed by atoms with van der Waals surface area (Å²) in [4.78, 5) is 34.9. The molecule has 0 spiro atoms. The van der Waals surface area contributed by atoms with Gasteiger partial charge in [0.1, 0.15) is 6.04 Å². The fraction of sp³-hybridized carbons (Fsp3) is 0.920. The van der Waals surface area contributed by atoms with Gasteiger partial charge in [-0.3, -0.25) is 19.5 Å². The first kappa shape index (κ1) is 27.9. The van der Waals surface area contributed by atoms with Gasteiger partial charge in [-0.25, -0.2) is 9.69 Å². The summed E-state index contributed by atoms with van der Waals surface area (Å²) < 4.78 is 0. The molecule has 1 aliphatic rings. The smallest absolute Gasteiger partial charge is 0.299 e. The predicted molar refractivity (Wildman–Crippen MR) is 130 cm³/mol. The molecule has 3 amide bonds. The second kappa shape index (κ2) is 16.5. The van der Waals surface area contributed by atoms with Crippen molar-refractivity contribution in [3.05, 3.63) is 0 Å². The zero-order valence-corrected chi connectivity index (χ0v) is 21.2. The lowest BCUT2D eigenvalue weighted by Gasteiger charge is -2.30. The van der Waals surface area contributed by atoms with Crippen LogP contribution in [0, 0.1) is 0 Å². The lowest BCUT2D eigenvalue weighted by molar-refractivity contribution is -0.130. The van der Waals surface area contributed by atoms with Crippen molar-refractivity contribution in [3.8, 4) is 0 Å². The molecule has 1 saturated heterocycles. The summed E-state index contributed by atoms with van der Waals surface area (Å²) in [5.74, 6) is 0.0161. The highest BCUT2D eigenvalue weighted by atomic mass is 16.2. The average Bonchev–Trinajstić information content (AvgIpc) is 2.99. The molecule has 0 saturated carbocycles. The topological polar surface area (TPSA) is 47.1 Å². The molecule has 6 nitrogen and oxygen atoms in total. The summed E-state index contributed by atoms with van der Waals surface area (Å²) >= 11 is 0. The van der Waals surface area contributed by atoms with Gasteiger partial charge in [-0.2, -0.15) is 0 Å². The quantitative estimate of drug-likeness (QED) is 0.249. The van der Waals surface area contributed by atoms with Crippen LogP contribution in [0.25, 0.3) is 0 Å². The number of rotatable bonds is 19. The van der Waals surface area contributed by atoms with Crippen molar-refractivity contribution in [2.45, 2.75) is 111 Å². The van der Waals surface area contributed by atoms with Crippen LogP contribution in [0.15, 0.2) is 0 Å². The fourth-order valence-electron chi connectivity index (χ4n) is 4.11. The van der Waals surface area contributed by atoms with E-state index in [4.69, 9.17) is 0 Å². The van der Waals surface area contributed by atoms with E-state index in [2.05, 4.69) is 44.4 Å². The third-order valence-electron chi connectivity index (χ3n) is 6.24. The van der Waals surface area contributed by atoms with Gasteiger partial charge < -0.3 is 0 Å². The first-order valence-electron chi connectivity index (χ1n) is 13.1. The molecular weight excluding hydrogens is 388 g/mol. The monoisotopic (exact) mass is 438 g/mol. The molecule has 0 aromatic heterocycles. The van der Waals surface area contributed by atoms with E-state index in [-0.39, 0.29) is 18.0 Å². The number of imide groups is 1. The van der Waals surface area contributed by atoms with Gasteiger partial charge in [0.05, 0.1) is 13.3 Å². The van der Waals surface area contributed by atoms with E-state index >= 15 is 0 Å². The molecule has 31 heavy (non-hydrogen) atoms. The van der Waals surface area contributed by atoms with Crippen LogP contribution >= 0.6 is 0 Å². The van der Waals surface area contributed by atoms with E-state index in [9.17, 15) is 9.59 Å². The molecule has 1 atom stereocenters. The Morgan fingerprint density at radius 1 is 0.645 bits per heavy atom. The van der Waals surface area contributed by atoms with Gasteiger partial charge in [0, 0.05) is 0 Å². The molecule has 1 heterocycles. The minimum atomic E-state index is -0.294. The van der Waals surface area contributed by atoms with Gasteiger partial charge in [0.25, 0.3) is 5.91 Å². The zero-order chi connectivity index (χ0) is 23.1. The van der Waals surface area contributed by atoms with Crippen molar-refractivity contribution in [2.24, 2.45) is 0 Å². The molecular formula is C25H50N4O2. The Kier molecular flexibility index (Phi) is 14.8. The third kappa shape index (κ3) is 9.48. The first-order chi connectivity index (χ1) is 15.0. The Balaban J connectivity index is 2.95. The number of hydrogen-bond acceptors (Lipinski definition) is 4. The summed E-state index contributed by atoms with van der Waals surface area (Å²) in [6.45, 7) is 15.9. The van der Waals surface area contributed by atoms with Crippen LogP contribution in [-0.2, 0) is 4.79 Å². The largest absolute Gasteiger partial charge is 0.329 e. The van der Waals surface area contributed by atoms with E-state index in [0.29, 0.717) is 13.3 Å². The van der Waals surface area contributed by atoms with Crippen molar-refractivity contribution in [2.75, 3.05) is 39.5 Å². The number of nitrogens with zero attached hydrogens (tertiary/aromatic N) is 4. The van der Waals surface area contributed by atoms with Crippen molar-refractivity contribution in [3.63, 3.8) is 0 Å². The van der Waals surface area contributed by atoms with Gasteiger partial charge >= 0.3 is 6.03 Å². The maximum absolute atomic E-state index is 13.4. The maximum atomic E-state index is 13.4. The molecule has 6 heteroatoms. The molecule has 0 bridgehead atoms. The number of carbonyl (C=O) groups is 2. The molecule has 0 aliphatic carbocycles. The van der Waals surface area contributed by atoms with Crippen molar-refractivity contribution >= 4 is 11.9 Å². The van der Waals surface area contributed by atoms with Crippen molar-refractivity contribution < 1.29 is 9.59 Å². The summed E-state index contributed by atoms with van der Waals surface area (Å²) in [5, 5.41) is 0. The van der Waals surface area contributed by atoms with Crippen molar-refractivity contribution in [1.29, 1.82) is 0 Å². The average molecular weight is 439 g/mol. The van der Waals surface area contributed by atoms with Crippen LogP contribution in [0.1, 0.15) is 105 Å². The highest BCUT2D eigenvalue weighted by Crippen LogP contribution is 2.23. The maximum Gasteiger partial charge on any atom is 0.329 e. The van der Waals surface area contributed by atoms with E-state index in [1.807, 2.05) is 4.90 Å². The molecule has 0 aromatic carbocycles. The Labute approximate surface area is 192 Å². The van der Waals surface area contributed by atoms with E-state index < -0.39 is 0 Å². The van der Waals surface area contributed by atoms with Crippen LogP contribution in [0.5, 0.6) is 0 Å². The predicted octanol–water partition coefficient (Wildman–Crippen LogP) is 5.53. The van der Waals surface area contributed by atoms with Crippen LogP contribution in [-0.4, -0.2) is 77.1 Å². The number of amides is 3. The van der Waals surface area contributed by atoms with Crippen LogP contribution < -0.4 is 0 Å². The molecule has 0 N–H and O–H groups in total. The minimum Gasteiger partial charge on any atom is -0.299 e. The molecule has 0 radical (unpaired) electrons. The lowest BCUT2D eigenvalue weighted by atomic mass is 10.1. The molecule has 1 rings (SSSR count). The Bertz CT molecular complexity index is 484. The molecule has 182 valence electrons. The highest BCUT2D eigenvalue weighted by molar-refractivity contribution is 6.04. The normalized spacial score (nSPS) is 17.1. The van der Waals surface area contributed by atoms with E-state index in [1.54, 1.807) is 4.90 Å². The number of unbranched alkanes of at least 4 members (excludes halogenated alkanes) is 5. The fourth-order valence-corrected chi connectivity index (χ4v) is 4.11. The van der Waals surface area contributed by atoms with Gasteiger partial charge in [0.15, 0.2) is 0 Å². The van der Waals surface area contributed by atoms with E-state index in [0.717, 1.165) is 96.8 Å². The third-order valence-corrected chi connectivity index (χ3v) is 6.24. The highest BCUT2D eigenvalue weighted by Gasteiger charge is 2.45. The zero-order valence-electron chi connectivity index (χ0n) is 21.2. The lowest BCUT2D eigenvalue weighted by Crippen LogP contribution is -2.46. The van der Waals surface area contributed by atoms with Gasteiger partial charge in [0.2, 0.25) is 0 Å². The Morgan fingerprint density at radius 2 is 1.06 bits per heavy atom.